The molecule has 5 nitrogen and oxygen atoms in total. The van der Waals surface area contributed by atoms with Crippen LogP contribution < -0.4 is 5.73 Å². The smallest absolute Gasteiger partial charge is 0.306 e. The molecular weight excluding hydrogens is 268 g/mol. The summed E-state index contributed by atoms with van der Waals surface area (Å²) >= 11 is 5.82. The second kappa shape index (κ2) is 7.74. The van der Waals surface area contributed by atoms with Crippen LogP contribution in [0.25, 0.3) is 0 Å². The zero-order valence-electron chi connectivity index (χ0n) is 10.8. The second-order valence-electron chi connectivity index (χ2n) is 4.13. The first-order valence-corrected chi connectivity index (χ1v) is 6.48. The molecule has 0 bridgehead atoms. The highest BCUT2D eigenvalue weighted by atomic mass is 35.5. The zero-order valence-corrected chi connectivity index (χ0v) is 11.5. The number of aromatic nitrogens is 1. The van der Waals surface area contributed by atoms with Crippen LogP contribution in [-0.4, -0.2) is 23.5 Å². The van der Waals surface area contributed by atoms with E-state index in [4.69, 9.17) is 22.1 Å². The van der Waals surface area contributed by atoms with E-state index in [1.165, 1.54) is 12.3 Å². The fourth-order valence-electron chi connectivity index (χ4n) is 1.52. The van der Waals surface area contributed by atoms with Crippen LogP contribution in [0.1, 0.15) is 37.8 Å². The Bertz CT molecular complexity index is 451. The van der Waals surface area contributed by atoms with Gasteiger partial charge in [-0.2, -0.15) is 0 Å². The number of ether oxygens (including phenoxy) is 1. The Labute approximate surface area is 117 Å². The van der Waals surface area contributed by atoms with E-state index in [0.717, 1.165) is 12.8 Å². The Morgan fingerprint density at radius 2 is 2.26 bits per heavy atom. The molecule has 19 heavy (non-hydrogen) atoms. The van der Waals surface area contributed by atoms with Crippen LogP contribution in [0.15, 0.2) is 18.3 Å². The predicted octanol–water partition coefficient (Wildman–Crippen LogP) is 2.04. The van der Waals surface area contributed by atoms with Crippen LogP contribution in [0.2, 0.25) is 5.02 Å². The normalized spacial score (nSPS) is 11.9. The molecule has 0 radical (unpaired) electrons. The molecular formula is C13H17ClN2O3. The third-order valence-corrected chi connectivity index (χ3v) is 2.81. The van der Waals surface area contributed by atoms with Crippen molar-refractivity contribution in [2.75, 3.05) is 6.61 Å². The maximum absolute atomic E-state index is 11.6. The average molecular weight is 285 g/mol. The lowest BCUT2D eigenvalue weighted by molar-refractivity contribution is -0.145. The molecule has 0 aliphatic heterocycles. The quantitative estimate of drug-likeness (QED) is 0.613. The van der Waals surface area contributed by atoms with Gasteiger partial charge in [-0.25, -0.2) is 0 Å². The molecule has 1 atom stereocenters. The number of hydrogen-bond acceptors (Lipinski definition) is 4. The molecule has 0 saturated heterocycles. The summed E-state index contributed by atoms with van der Waals surface area (Å²) in [6.07, 6.45) is 3.08. The summed E-state index contributed by atoms with van der Waals surface area (Å²) in [6.45, 7) is 2.35. The van der Waals surface area contributed by atoms with Crippen molar-refractivity contribution >= 4 is 23.5 Å². The van der Waals surface area contributed by atoms with E-state index in [1.807, 2.05) is 6.92 Å². The average Bonchev–Trinajstić information content (AvgIpc) is 2.36. The van der Waals surface area contributed by atoms with Gasteiger partial charge in [-0.1, -0.05) is 24.9 Å². The number of carbonyl (C=O) groups excluding carboxylic acids is 2. The Morgan fingerprint density at radius 1 is 1.53 bits per heavy atom. The molecule has 6 heteroatoms. The summed E-state index contributed by atoms with van der Waals surface area (Å²) in [7, 11) is 0. The van der Waals surface area contributed by atoms with Gasteiger partial charge in [0.2, 0.25) is 5.91 Å². The maximum atomic E-state index is 11.6. The highest BCUT2D eigenvalue weighted by Gasteiger charge is 2.23. The van der Waals surface area contributed by atoms with Gasteiger partial charge < -0.3 is 10.5 Å². The van der Waals surface area contributed by atoms with Gasteiger partial charge >= 0.3 is 5.97 Å². The molecule has 1 aromatic heterocycles. The number of pyridine rings is 1. The van der Waals surface area contributed by atoms with Crippen molar-refractivity contribution in [3.8, 4) is 0 Å². The maximum Gasteiger partial charge on any atom is 0.306 e. The van der Waals surface area contributed by atoms with Gasteiger partial charge in [0.25, 0.3) is 0 Å². The first-order valence-electron chi connectivity index (χ1n) is 6.11. The fourth-order valence-corrected chi connectivity index (χ4v) is 1.69. The highest BCUT2D eigenvalue weighted by Crippen LogP contribution is 2.20. The minimum Gasteiger partial charge on any atom is -0.466 e. The topological polar surface area (TPSA) is 82.3 Å². The van der Waals surface area contributed by atoms with E-state index in [0.29, 0.717) is 17.3 Å². The second-order valence-corrected chi connectivity index (χ2v) is 4.57. The van der Waals surface area contributed by atoms with Crippen LogP contribution >= 0.6 is 11.6 Å². The molecule has 104 valence electrons. The zero-order chi connectivity index (χ0) is 14.3. The number of primary amides is 1. The van der Waals surface area contributed by atoms with Gasteiger partial charge in [0.05, 0.1) is 24.6 Å². The predicted molar refractivity (Wildman–Crippen MR) is 71.7 cm³/mol. The molecule has 0 aliphatic carbocycles. The first-order chi connectivity index (χ1) is 9.04. The van der Waals surface area contributed by atoms with Crippen LogP contribution in [0.4, 0.5) is 0 Å². The van der Waals surface area contributed by atoms with Crippen molar-refractivity contribution in [1.82, 2.24) is 4.98 Å². The molecule has 0 aromatic carbocycles. The molecule has 0 fully saturated rings. The summed E-state index contributed by atoms with van der Waals surface area (Å²) in [6, 6.07) is 3.11. The van der Waals surface area contributed by atoms with Crippen molar-refractivity contribution in [2.24, 2.45) is 5.73 Å². The summed E-state index contributed by atoms with van der Waals surface area (Å²) in [4.78, 5) is 27.0. The van der Waals surface area contributed by atoms with E-state index < -0.39 is 17.8 Å². The van der Waals surface area contributed by atoms with E-state index in [1.54, 1.807) is 6.07 Å². The van der Waals surface area contributed by atoms with Gasteiger partial charge in [-0.05, 0) is 18.6 Å². The largest absolute Gasteiger partial charge is 0.466 e. The van der Waals surface area contributed by atoms with Crippen LogP contribution in [-0.2, 0) is 14.3 Å². The number of halogens is 1. The van der Waals surface area contributed by atoms with Crippen molar-refractivity contribution in [3.63, 3.8) is 0 Å². The summed E-state index contributed by atoms with van der Waals surface area (Å²) in [5, 5.41) is 0.440. The minimum absolute atomic E-state index is 0.119. The Kier molecular flexibility index (Phi) is 6.29. The number of unbranched alkanes of at least 4 members (excludes halogenated alkanes) is 1. The van der Waals surface area contributed by atoms with Crippen LogP contribution in [0.5, 0.6) is 0 Å². The highest BCUT2D eigenvalue weighted by molar-refractivity contribution is 6.30. The fraction of sp³-hybridized carbons (Fsp3) is 0.462. The molecule has 0 aliphatic rings. The Hall–Kier alpha value is -1.62. The number of nitrogens with zero attached hydrogens (tertiary/aromatic N) is 1. The number of esters is 1. The summed E-state index contributed by atoms with van der Waals surface area (Å²) in [5.74, 6) is -1.89. The molecule has 1 aromatic rings. The van der Waals surface area contributed by atoms with Crippen molar-refractivity contribution in [3.05, 3.63) is 29.0 Å². The number of nitrogens with two attached hydrogens (primary N) is 1. The number of rotatable bonds is 7. The Morgan fingerprint density at radius 3 is 2.84 bits per heavy atom. The van der Waals surface area contributed by atoms with Crippen molar-refractivity contribution < 1.29 is 14.3 Å². The molecule has 1 amide bonds. The molecule has 0 spiro atoms. The molecule has 1 heterocycles. The SMILES string of the molecule is CCCCOC(=O)CC(C(N)=O)c1cc(Cl)ccn1. The van der Waals surface area contributed by atoms with Crippen LogP contribution in [0.3, 0.4) is 0 Å². The van der Waals surface area contributed by atoms with Gasteiger partial charge in [-0.3, -0.25) is 14.6 Å². The van der Waals surface area contributed by atoms with E-state index >= 15 is 0 Å². The number of carbonyl (C=O) groups is 2. The lowest BCUT2D eigenvalue weighted by atomic mass is 10.00. The molecule has 1 unspecified atom stereocenters. The molecule has 0 saturated carbocycles. The van der Waals surface area contributed by atoms with E-state index in [2.05, 4.69) is 4.98 Å². The van der Waals surface area contributed by atoms with Gasteiger partial charge in [0.1, 0.15) is 0 Å². The van der Waals surface area contributed by atoms with Crippen LogP contribution in [0, 0.1) is 0 Å². The third kappa shape index (κ3) is 5.26. The Balaban J connectivity index is 2.68. The van der Waals surface area contributed by atoms with Gasteiger partial charge in [0.15, 0.2) is 0 Å². The van der Waals surface area contributed by atoms with Crippen molar-refractivity contribution in [2.45, 2.75) is 32.1 Å². The minimum atomic E-state index is -0.812. The number of amides is 1. The van der Waals surface area contributed by atoms with E-state index in [9.17, 15) is 9.59 Å². The van der Waals surface area contributed by atoms with E-state index in [-0.39, 0.29) is 6.42 Å². The van der Waals surface area contributed by atoms with Gasteiger partial charge in [-0.15, -0.1) is 0 Å². The summed E-state index contributed by atoms with van der Waals surface area (Å²) in [5.41, 5.74) is 5.67. The molecule has 2 N–H and O–H groups in total. The monoisotopic (exact) mass is 284 g/mol. The lowest BCUT2D eigenvalue weighted by Gasteiger charge is -2.12. The van der Waals surface area contributed by atoms with Gasteiger partial charge in [0, 0.05) is 11.2 Å². The molecule has 1 rings (SSSR count). The lowest BCUT2D eigenvalue weighted by Crippen LogP contribution is -2.25. The summed E-state index contributed by atoms with van der Waals surface area (Å²) < 4.78 is 5.01. The first kappa shape index (κ1) is 15.4. The van der Waals surface area contributed by atoms with Crippen molar-refractivity contribution in [1.29, 1.82) is 0 Å². The standard InChI is InChI=1S/C13H17ClN2O3/c1-2-3-6-19-12(17)8-10(13(15)18)11-7-9(14)4-5-16-11/h4-5,7,10H,2-3,6,8H2,1H3,(H2,15,18). The number of hydrogen-bond donors (Lipinski definition) is 1. The third-order valence-electron chi connectivity index (χ3n) is 2.58.